The third-order valence-corrected chi connectivity index (χ3v) is 3.12. The number of nitrogens with one attached hydrogen (secondary N) is 1. The highest BCUT2D eigenvalue weighted by Crippen LogP contribution is 2.19. The van der Waals surface area contributed by atoms with Crippen LogP contribution in [0.4, 0.5) is 0 Å². The molecule has 2 rings (SSSR count). The van der Waals surface area contributed by atoms with Crippen molar-refractivity contribution in [3.05, 3.63) is 36.1 Å². The first kappa shape index (κ1) is 14.6. The maximum Gasteiger partial charge on any atom is 0.287 e. The summed E-state index contributed by atoms with van der Waals surface area (Å²) in [5.41, 5.74) is 0.760. The molecule has 4 nitrogen and oxygen atoms in total. The van der Waals surface area contributed by atoms with Gasteiger partial charge in [-0.3, -0.25) is 4.79 Å². The van der Waals surface area contributed by atoms with E-state index in [4.69, 9.17) is 4.42 Å². The van der Waals surface area contributed by atoms with E-state index < -0.39 is 0 Å². The minimum atomic E-state index is -0.159. The van der Waals surface area contributed by atoms with Crippen LogP contribution in [0.1, 0.15) is 24.4 Å². The lowest BCUT2D eigenvalue weighted by atomic mass is 9.93. The molecule has 0 saturated heterocycles. The molecule has 0 aliphatic rings. The summed E-state index contributed by atoms with van der Waals surface area (Å²) in [5.74, 6) is 0.208. The summed E-state index contributed by atoms with van der Waals surface area (Å²) in [4.78, 5) is 14.2. The molecule has 0 saturated carbocycles. The second-order valence-electron chi connectivity index (χ2n) is 6.23. The molecule has 0 fully saturated rings. The lowest BCUT2D eigenvalue weighted by molar-refractivity contribution is 0.0903. The van der Waals surface area contributed by atoms with Crippen LogP contribution < -0.4 is 5.32 Å². The molecule has 0 aliphatic carbocycles. The summed E-state index contributed by atoms with van der Waals surface area (Å²) < 4.78 is 5.55. The number of benzene rings is 1. The van der Waals surface area contributed by atoms with Gasteiger partial charge in [0.2, 0.25) is 0 Å². The molecule has 1 heterocycles. The van der Waals surface area contributed by atoms with Crippen LogP contribution in [0.2, 0.25) is 0 Å². The molecule has 0 spiro atoms. The van der Waals surface area contributed by atoms with Gasteiger partial charge in [0.25, 0.3) is 5.91 Å². The van der Waals surface area contributed by atoms with Crippen molar-refractivity contribution < 1.29 is 9.21 Å². The van der Waals surface area contributed by atoms with Crippen LogP contribution in [-0.2, 0) is 0 Å². The van der Waals surface area contributed by atoms with Gasteiger partial charge in [0, 0.05) is 18.5 Å². The van der Waals surface area contributed by atoms with Crippen molar-refractivity contribution in [3.63, 3.8) is 0 Å². The average molecular weight is 274 g/mol. The molecule has 1 aromatic heterocycles. The lowest BCUT2D eigenvalue weighted by Crippen LogP contribution is -2.39. The number of furan rings is 1. The molecule has 108 valence electrons. The first-order valence-electron chi connectivity index (χ1n) is 6.79. The van der Waals surface area contributed by atoms with Crippen LogP contribution in [0, 0.1) is 5.41 Å². The average Bonchev–Trinajstić information content (AvgIpc) is 2.78. The third kappa shape index (κ3) is 3.61. The quantitative estimate of drug-likeness (QED) is 0.912. The maximum absolute atomic E-state index is 12.1. The molecule has 0 atom stereocenters. The number of carbonyl (C=O) groups is 1. The largest absolute Gasteiger partial charge is 0.451 e. The summed E-state index contributed by atoms with van der Waals surface area (Å²) in [6, 6.07) is 9.41. The Morgan fingerprint density at radius 2 is 2.00 bits per heavy atom. The van der Waals surface area contributed by atoms with Crippen LogP contribution in [0.5, 0.6) is 0 Å². The molecule has 0 radical (unpaired) electrons. The zero-order chi connectivity index (χ0) is 14.8. The molecular formula is C16H22N2O2. The number of amides is 1. The molecule has 1 amide bonds. The molecule has 0 unspecified atom stereocenters. The summed E-state index contributed by atoms with van der Waals surface area (Å²) in [5, 5.41) is 3.90. The fraction of sp³-hybridized carbons (Fsp3) is 0.438. The zero-order valence-electron chi connectivity index (χ0n) is 12.6. The smallest absolute Gasteiger partial charge is 0.287 e. The van der Waals surface area contributed by atoms with Gasteiger partial charge >= 0.3 is 0 Å². The molecule has 1 aromatic carbocycles. The molecule has 4 heteroatoms. The molecule has 0 aliphatic heterocycles. The standard InChI is InChI=1S/C16H22N2O2/c1-16(2,11-18(3)4)10-17-15(19)14-9-12-7-5-6-8-13(12)20-14/h5-9H,10-11H2,1-4H3,(H,17,19). The van der Waals surface area contributed by atoms with Gasteiger partial charge in [-0.25, -0.2) is 0 Å². The predicted molar refractivity (Wildman–Crippen MR) is 80.9 cm³/mol. The van der Waals surface area contributed by atoms with Crippen LogP contribution in [0.15, 0.2) is 34.7 Å². The Bertz CT molecular complexity index is 566. The van der Waals surface area contributed by atoms with E-state index in [1.807, 2.05) is 38.4 Å². The molecule has 0 bridgehead atoms. The number of hydrogen-bond donors (Lipinski definition) is 1. The Balaban J connectivity index is 2.01. The van der Waals surface area contributed by atoms with E-state index in [1.165, 1.54) is 0 Å². The van der Waals surface area contributed by atoms with Crippen LogP contribution in [0.3, 0.4) is 0 Å². The van der Waals surface area contributed by atoms with Gasteiger partial charge in [-0.2, -0.15) is 0 Å². The van der Waals surface area contributed by atoms with Gasteiger partial charge < -0.3 is 14.6 Å². The van der Waals surface area contributed by atoms with Crippen molar-refractivity contribution >= 4 is 16.9 Å². The second kappa shape index (κ2) is 5.67. The summed E-state index contributed by atoms with van der Waals surface area (Å²) in [7, 11) is 4.06. The van der Waals surface area contributed by atoms with Crippen molar-refractivity contribution in [1.82, 2.24) is 10.2 Å². The first-order valence-corrected chi connectivity index (χ1v) is 6.79. The van der Waals surface area contributed by atoms with Crippen LogP contribution in [0.25, 0.3) is 11.0 Å². The van der Waals surface area contributed by atoms with E-state index in [9.17, 15) is 4.79 Å². The van der Waals surface area contributed by atoms with Gasteiger partial charge in [-0.15, -0.1) is 0 Å². The molecule has 20 heavy (non-hydrogen) atoms. The van der Waals surface area contributed by atoms with E-state index in [0.29, 0.717) is 12.3 Å². The topological polar surface area (TPSA) is 45.5 Å². The van der Waals surface area contributed by atoms with Gasteiger partial charge in [0.15, 0.2) is 5.76 Å². The number of rotatable bonds is 5. The third-order valence-electron chi connectivity index (χ3n) is 3.12. The summed E-state index contributed by atoms with van der Waals surface area (Å²) >= 11 is 0. The highest BCUT2D eigenvalue weighted by molar-refractivity contribution is 5.96. The van der Waals surface area contributed by atoms with Crippen molar-refractivity contribution in [1.29, 1.82) is 0 Å². The summed E-state index contributed by atoms with van der Waals surface area (Å²) in [6.45, 7) is 5.78. The monoisotopic (exact) mass is 274 g/mol. The summed E-state index contributed by atoms with van der Waals surface area (Å²) in [6.07, 6.45) is 0. The fourth-order valence-corrected chi connectivity index (χ4v) is 2.41. The molecule has 2 aromatic rings. The Kier molecular flexibility index (Phi) is 4.14. The minimum Gasteiger partial charge on any atom is -0.451 e. The van der Waals surface area contributed by atoms with Crippen molar-refractivity contribution in [2.75, 3.05) is 27.2 Å². The zero-order valence-corrected chi connectivity index (χ0v) is 12.6. The molecule has 1 N–H and O–H groups in total. The predicted octanol–water partition coefficient (Wildman–Crippen LogP) is 2.75. The van der Waals surface area contributed by atoms with E-state index in [-0.39, 0.29) is 11.3 Å². The van der Waals surface area contributed by atoms with Crippen molar-refractivity contribution in [2.24, 2.45) is 5.41 Å². The fourth-order valence-electron chi connectivity index (χ4n) is 2.41. The van der Waals surface area contributed by atoms with Crippen LogP contribution >= 0.6 is 0 Å². The Morgan fingerprint density at radius 3 is 2.65 bits per heavy atom. The number of carbonyl (C=O) groups excluding carboxylic acids is 1. The van der Waals surface area contributed by atoms with Gasteiger partial charge in [0.1, 0.15) is 5.58 Å². The van der Waals surface area contributed by atoms with E-state index in [1.54, 1.807) is 6.07 Å². The van der Waals surface area contributed by atoms with Gasteiger partial charge in [-0.1, -0.05) is 32.0 Å². The van der Waals surface area contributed by atoms with Crippen LogP contribution in [-0.4, -0.2) is 38.0 Å². The first-order chi connectivity index (χ1) is 9.37. The Morgan fingerprint density at radius 1 is 1.30 bits per heavy atom. The Hall–Kier alpha value is -1.81. The number of para-hydroxylation sites is 1. The van der Waals surface area contributed by atoms with Crippen molar-refractivity contribution in [2.45, 2.75) is 13.8 Å². The lowest BCUT2D eigenvalue weighted by Gasteiger charge is -2.28. The molecular weight excluding hydrogens is 252 g/mol. The van der Waals surface area contributed by atoms with E-state index >= 15 is 0 Å². The highest BCUT2D eigenvalue weighted by Gasteiger charge is 2.21. The van der Waals surface area contributed by atoms with Gasteiger partial charge in [0.05, 0.1) is 0 Å². The number of fused-ring (bicyclic) bond motifs is 1. The van der Waals surface area contributed by atoms with E-state index in [0.717, 1.165) is 17.5 Å². The van der Waals surface area contributed by atoms with Crippen molar-refractivity contribution in [3.8, 4) is 0 Å². The maximum atomic E-state index is 12.1. The normalized spacial score (nSPS) is 12.1. The number of hydrogen-bond acceptors (Lipinski definition) is 3. The minimum absolute atomic E-state index is 0.0190. The second-order valence-corrected chi connectivity index (χ2v) is 6.23. The highest BCUT2D eigenvalue weighted by atomic mass is 16.3. The Labute approximate surface area is 119 Å². The SMILES string of the molecule is CN(C)CC(C)(C)CNC(=O)c1cc2ccccc2o1. The van der Waals surface area contributed by atoms with Gasteiger partial charge in [-0.05, 0) is 31.6 Å². The van der Waals surface area contributed by atoms with E-state index in [2.05, 4.69) is 24.1 Å². The number of nitrogens with zero attached hydrogens (tertiary/aromatic N) is 1.